The topological polar surface area (TPSA) is 58.9 Å². The molecule has 4 nitrogen and oxygen atoms in total. The molecule has 0 heterocycles. The van der Waals surface area contributed by atoms with Crippen LogP contribution in [0.2, 0.25) is 0 Å². The summed E-state index contributed by atoms with van der Waals surface area (Å²) < 4.78 is 12.0. The van der Waals surface area contributed by atoms with E-state index in [4.69, 9.17) is 20.0 Å². The Bertz CT molecular complexity index is 261. The molecule has 0 bridgehead atoms. The minimum Gasteiger partial charge on any atom is -0.366 e. The summed E-state index contributed by atoms with van der Waals surface area (Å²) >= 11 is 0. The van der Waals surface area contributed by atoms with E-state index in [1.165, 1.54) is 0 Å². The summed E-state index contributed by atoms with van der Waals surface area (Å²) in [5, 5.41) is 12.0. The van der Waals surface area contributed by atoms with Gasteiger partial charge in [0.1, 0.15) is 0 Å². The molecule has 0 unspecified atom stereocenters. The molecule has 0 aromatic carbocycles. The van der Waals surface area contributed by atoms with Gasteiger partial charge in [-0.3, -0.25) is 10.5 Å². The highest BCUT2D eigenvalue weighted by molar-refractivity contribution is 5.06. The van der Waals surface area contributed by atoms with E-state index in [2.05, 4.69) is 81.4 Å². The summed E-state index contributed by atoms with van der Waals surface area (Å²) in [5.41, 5.74) is -0.890. The van der Waals surface area contributed by atoms with Crippen LogP contribution in [0.5, 0.6) is 0 Å². The molecule has 0 rings (SSSR count). The average Bonchev–Trinajstić information content (AvgIpc) is 2.11. The van der Waals surface area contributed by atoms with E-state index in [1.807, 2.05) is 0 Å². The third-order valence-electron chi connectivity index (χ3n) is 2.02. The molecule has 0 amide bonds. The standard InChI is InChI=1S/C16H32O2.H2O2/c1-13(2,3)17-15(7,8)11-12-16(9,10)18-14(4,5)6;1-2/h11-12H,1-10H3;1-2H. The van der Waals surface area contributed by atoms with Crippen molar-refractivity contribution in [3.63, 3.8) is 0 Å². The molecule has 0 aromatic rings. The molecule has 4 heteroatoms. The highest BCUT2D eigenvalue weighted by Crippen LogP contribution is 2.25. The van der Waals surface area contributed by atoms with Gasteiger partial charge in [-0.25, -0.2) is 0 Å². The minimum atomic E-state index is -0.295. The normalized spacial score (nSPS) is 14.2. The Labute approximate surface area is 124 Å². The van der Waals surface area contributed by atoms with Crippen molar-refractivity contribution < 1.29 is 20.0 Å². The number of ether oxygens (including phenoxy) is 2. The predicted octanol–water partition coefficient (Wildman–Crippen LogP) is 4.75. The summed E-state index contributed by atoms with van der Waals surface area (Å²) in [6.45, 7) is 20.7. The van der Waals surface area contributed by atoms with Gasteiger partial charge in [0, 0.05) is 0 Å². The second-order valence-electron chi connectivity index (χ2n) is 7.97. The maximum Gasteiger partial charge on any atom is 0.0814 e. The van der Waals surface area contributed by atoms with Gasteiger partial charge in [0.15, 0.2) is 0 Å². The first kappa shape index (κ1) is 21.9. The highest BCUT2D eigenvalue weighted by Gasteiger charge is 2.27. The fraction of sp³-hybridized carbons (Fsp3) is 0.875. The van der Waals surface area contributed by atoms with E-state index in [-0.39, 0.29) is 22.4 Å². The lowest BCUT2D eigenvalue weighted by Gasteiger charge is -2.34. The molecule has 0 spiro atoms. The summed E-state index contributed by atoms with van der Waals surface area (Å²) in [6.07, 6.45) is 4.17. The van der Waals surface area contributed by atoms with Crippen molar-refractivity contribution in [3.05, 3.63) is 12.2 Å². The van der Waals surface area contributed by atoms with Crippen LogP contribution >= 0.6 is 0 Å². The molecular formula is C16H34O4. The summed E-state index contributed by atoms with van der Waals surface area (Å²) in [5.74, 6) is 0. The Morgan fingerprint density at radius 3 is 0.900 bits per heavy atom. The van der Waals surface area contributed by atoms with Crippen LogP contribution in [0.15, 0.2) is 12.2 Å². The minimum absolute atomic E-state index is 0.150. The monoisotopic (exact) mass is 290 g/mol. The number of hydrogen-bond donors (Lipinski definition) is 2. The first-order chi connectivity index (χ1) is 8.62. The lowest BCUT2D eigenvalue weighted by molar-refractivity contribution is -0.176. The summed E-state index contributed by atoms with van der Waals surface area (Å²) in [6, 6.07) is 0. The Hall–Kier alpha value is -0.420. The quantitative estimate of drug-likeness (QED) is 0.446. The molecule has 20 heavy (non-hydrogen) atoms. The summed E-state index contributed by atoms with van der Waals surface area (Å²) in [7, 11) is 0. The Kier molecular flexibility index (Phi) is 8.26. The first-order valence-electron chi connectivity index (χ1n) is 6.93. The van der Waals surface area contributed by atoms with E-state index in [0.717, 1.165) is 0 Å². The second kappa shape index (κ2) is 7.55. The molecule has 0 saturated carbocycles. The predicted molar refractivity (Wildman–Crippen MR) is 84.2 cm³/mol. The van der Waals surface area contributed by atoms with Gasteiger partial charge >= 0.3 is 0 Å². The second-order valence-corrected chi connectivity index (χ2v) is 7.97. The Morgan fingerprint density at radius 2 is 0.750 bits per heavy atom. The van der Waals surface area contributed by atoms with Crippen molar-refractivity contribution in [3.8, 4) is 0 Å². The van der Waals surface area contributed by atoms with Gasteiger partial charge in [0.25, 0.3) is 0 Å². The highest BCUT2D eigenvalue weighted by atomic mass is 17.0. The van der Waals surface area contributed by atoms with Gasteiger partial charge < -0.3 is 9.47 Å². The molecule has 0 aliphatic heterocycles. The Balaban J connectivity index is 0. The third-order valence-corrected chi connectivity index (χ3v) is 2.02. The fourth-order valence-electron chi connectivity index (χ4n) is 2.05. The lowest BCUT2D eigenvalue weighted by atomic mass is 10.0. The fourth-order valence-corrected chi connectivity index (χ4v) is 2.05. The molecule has 2 N–H and O–H groups in total. The lowest BCUT2D eigenvalue weighted by Crippen LogP contribution is -2.36. The van der Waals surface area contributed by atoms with Crippen LogP contribution in [0.4, 0.5) is 0 Å². The van der Waals surface area contributed by atoms with Crippen molar-refractivity contribution in [1.82, 2.24) is 0 Å². The molecule has 0 radical (unpaired) electrons. The zero-order chi connectivity index (χ0) is 16.8. The van der Waals surface area contributed by atoms with Crippen LogP contribution in [0.25, 0.3) is 0 Å². The van der Waals surface area contributed by atoms with Crippen molar-refractivity contribution >= 4 is 0 Å². The van der Waals surface area contributed by atoms with Gasteiger partial charge in [-0.2, -0.15) is 0 Å². The van der Waals surface area contributed by atoms with E-state index in [9.17, 15) is 0 Å². The molecule has 0 saturated heterocycles. The van der Waals surface area contributed by atoms with Gasteiger partial charge in [0.2, 0.25) is 0 Å². The molecule has 122 valence electrons. The van der Waals surface area contributed by atoms with Crippen molar-refractivity contribution in [1.29, 1.82) is 0 Å². The largest absolute Gasteiger partial charge is 0.366 e. The van der Waals surface area contributed by atoms with Crippen LogP contribution in [0.3, 0.4) is 0 Å². The Morgan fingerprint density at radius 1 is 0.550 bits per heavy atom. The molecule has 0 aromatic heterocycles. The van der Waals surface area contributed by atoms with E-state index >= 15 is 0 Å². The van der Waals surface area contributed by atoms with Gasteiger partial charge in [-0.15, -0.1) is 0 Å². The molecule has 0 atom stereocenters. The van der Waals surface area contributed by atoms with Crippen LogP contribution in [-0.2, 0) is 9.47 Å². The van der Waals surface area contributed by atoms with Crippen LogP contribution in [-0.4, -0.2) is 32.9 Å². The molecule has 0 aliphatic carbocycles. The van der Waals surface area contributed by atoms with Crippen LogP contribution in [0.1, 0.15) is 69.2 Å². The average molecular weight is 290 g/mol. The SMILES string of the molecule is CC(C)(C)OC(C)(C)C=CC(C)(C)OC(C)(C)C.OO. The van der Waals surface area contributed by atoms with Gasteiger partial charge in [-0.05, 0) is 69.2 Å². The maximum atomic E-state index is 6.01. The van der Waals surface area contributed by atoms with Gasteiger partial charge in [0.05, 0.1) is 22.4 Å². The van der Waals surface area contributed by atoms with E-state index in [1.54, 1.807) is 0 Å². The van der Waals surface area contributed by atoms with Gasteiger partial charge in [-0.1, -0.05) is 12.2 Å². The summed E-state index contributed by atoms with van der Waals surface area (Å²) in [4.78, 5) is 0. The van der Waals surface area contributed by atoms with E-state index < -0.39 is 0 Å². The van der Waals surface area contributed by atoms with Crippen LogP contribution < -0.4 is 0 Å². The van der Waals surface area contributed by atoms with Crippen LogP contribution in [0, 0.1) is 0 Å². The number of hydrogen-bond acceptors (Lipinski definition) is 4. The zero-order valence-electron chi connectivity index (χ0n) is 14.9. The van der Waals surface area contributed by atoms with Crippen molar-refractivity contribution in [2.75, 3.05) is 0 Å². The molecule has 0 aliphatic rings. The third kappa shape index (κ3) is 14.0. The molecular weight excluding hydrogens is 256 g/mol. The number of rotatable bonds is 4. The smallest absolute Gasteiger partial charge is 0.0814 e. The molecule has 0 fully saturated rings. The van der Waals surface area contributed by atoms with E-state index in [0.29, 0.717) is 0 Å². The zero-order valence-corrected chi connectivity index (χ0v) is 14.9. The van der Waals surface area contributed by atoms with Crippen molar-refractivity contribution in [2.24, 2.45) is 0 Å². The first-order valence-corrected chi connectivity index (χ1v) is 6.93. The maximum absolute atomic E-state index is 6.01. The van der Waals surface area contributed by atoms with Crippen molar-refractivity contribution in [2.45, 2.75) is 91.6 Å².